The van der Waals surface area contributed by atoms with E-state index in [1.165, 1.54) is 0 Å². The zero-order chi connectivity index (χ0) is 7.84. The van der Waals surface area contributed by atoms with Crippen LogP contribution >= 0.6 is 38.5 Å². The molecular weight excluding hydrogens is 319 g/mol. The van der Waals surface area contributed by atoms with Crippen molar-refractivity contribution in [1.29, 1.82) is 0 Å². The summed E-state index contributed by atoms with van der Waals surface area (Å²) >= 11 is 5.62. The summed E-state index contributed by atoms with van der Waals surface area (Å²) in [6, 6.07) is 3.97. The van der Waals surface area contributed by atoms with Crippen molar-refractivity contribution in [3.8, 4) is 0 Å². The maximum atomic E-state index is 4.32. The number of fused-ring (bicyclic) bond motifs is 1. The molecule has 0 amide bonds. The lowest BCUT2D eigenvalue weighted by Gasteiger charge is -1.92. The molecule has 0 N–H and O–H groups in total. The van der Waals surface area contributed by atoms with E-state index in [0.29, 0.717) is 0 Å². The van der Waals surface area contributed by atoms with E-state index in [4.69, 9.17) is 0 Å². The van der Waals surface area contributed by atoms with Crippen molar-refractivity contribution in [3.63, 3.8) is 0 Å². The Kier molecular flexibility index (Phi) is 1.88. The van der Waals surface area contributed by atoms with Crippen molar-refractivity contribution < 1.29 is 0 Å². The molecule has 0 bridgehead atoms. The second kappa shape index (κ2) is 2.75. The summed E-state index contributed by atoms with van der Waals surface area (Å²) in [5.74, 6) is 0. The van der Waals surface area contributed by atoms with Gasteiger partial charge in [-0.3, -0.25) is 0 Å². The van der Waals surface area contributed by atoms with Crippen LogP contribution in [0.2, 0.25) is 0 Å². The predicted molar refractivity (Wildman–Crippen MR) is 55.6 cm³/mol. The van der Waals surface area contributed by atoms with Gasteiger partial charge < -0.3 is 4.40 Å². The molecule has 0 spiro atoms. The maximum absolute atomic E-state index is 4.32. The lowest BCUT2D eigenvalue weighted by molar-refractivity contribution is 1.18. The third-order valence-electron chi connectivity index (χ3n) is 1.41. The van der Waals surface area contributed by atoms with Crippen LogP contribution in [0.1, 0.15) is 0 Å². The molecule has 2 aromatic heterocycles. The van der Waals surface area contributed by atoms with Crippen LogP contribution in [0.25, 0.3) is 5.65 Å². The summed E-state index contributed by atoms with van der Waals surface area (Å²) in [5, 5.41) is 0. The van der Waals surface area contributed by atoms with Gasteiger partial charge in [0.2, 0.25) is 0 Å². The van der Waals surface area contributed by atoms with Crippen LogP contribution in [0, 0.1) is 3.70 Å². The topological polar surface area (TPSA) is 17.3 Å². The Labute approximate surface area is 85.9 Å². The predicted octanol–water partition coefficient (Wildman–Crippen LogP) is 2.70. The normalized spacial score (nSPS) is 10.7. The smallest absolute Gasteiger partial charge is 0.152 e. The molecule has 2 aromatic rings. The van der Waals surface area contributed by atoms with Gasteiger partial charge in [0.05, 0.1) is 4.47 Å². The zero-order valence-corrected chi connectivity index (χ0v) is 9.20. The van der Waals surface area contributed by atoms with E-state index in [1.54, 1.807) is 0 Å². The van der Waals surface area contributed by atoms with E-state index in [9.17, 15) is 0 Å². The molecule has 11 heavy (non-hydrogen) atoms. The lowest BCUT2D eigenvalue weighted by Crippen LogP contribution is -1.80. The summed E-state index contributed by atoms with van der Waals surface area (Å²) in [6.07, 6.45) is 3.97. The van der Waals surface area contributed by atoms with E-state index in [1.807, 2.05) is 28.9 Å². The van der Waals surface area contributed by atoms with Crippen LogP contribution in [0.3, 0.4) is 0 Å². The van der Waals surface area contributed by atoms with Gasteiger partial charge in [0.25, 0.3) is 0 Å². The largest absolute Gasteiger partial charge is 0.305 e. The van der Waals surface area contributed by atoms with Gasteiger partial charge in [0, 0.05) is 12.4 Å². The monoisotopic (exact) mass is 322 g/mol. The molecule has 56 valence electrons. The summed E-state index contributed by atoms with van der Waals surface area (Å²) in [5.41, 5.74) is 0.969. The Hall–Kier alpha value is -0.100. The second-order valence-electron chi connectivity index (χ2n) is 2.15. The first kappa shape index (κ1) is 7.54. The minimum absolute atomic E-state index is 0.969. The highest BCUT2D eigenvalue weighted by Crippen LogP contribution is 2.17. The van der Waals surface area contributed by atoms with Gasteiger partial charge in [0.1, 0.15) is 3.70 Å². The first-order valence-electron chi connectivity index (χ1n) is 3.06. The number of hydrogen-bond donors (Lipinski definition) is 0. The van der Waals surface area contributed by atoms with E-state index in [2.05, 4.69) is 43.5 Å². The number of imidazole rings is 1. The number of aromatic nitrogens is 2. The highest BCUT2D eigenvalue weighted by atomic mass is 127. The van der Waals surface area contributed by atoms with Gasteiger partial charge in [-0.05, 0) is 50.7 Å². The average molecular weight is 323 g/mol. The van der Waals surface area contributed by atoms with Gasteiger partial charge in [-0.2, -0.15) is 0 Å². The molecule has 2 rings (SSSR count). The van der Waals surface area contributed by atoms with Gasteiger partial charge in [-0.25, -0.2) is 4.98 Å². The zero-order valence-electron chi connectivity index (χ0n) is 5.46. The minimum Gasteiger partial charge on any atom is -0.305 e. The second-order valence-corrected chi connectivity index (χ2v) is 4.11. The number of pyridine rings is 1. The Morgan fingerprint density at radius 2 is 2.36 bits per heavy atom. The van der Waals surface area contributed by atoms with Crippen LogP contribution in [0.5, 0.6) is 0 Å². The fourth-order valence-corrected chi connectivity index (χ4v) is 1.92. The number of rotatable bonds is 0. The SMILES string of the molecule is Brc1cccn2cc(I)nc12. The lowest BCUT2D eigenvalue weighted by atomic mass is 10.5. The molecule has 0 aliphatic rings. The van der Waals surface area contributed by atoms with Crippen molar-refractivity contribution in [2.24, 2.45) is 0 Å². The molecule has 0 atom stereocenters. The Bertz CT molecular complexity index is 396. The van der Waals surface area contributed by atoms with Gasteiger partial charge in [-0.1, -0.05) is 0 Å². The summed E-state index contributed by atoms with van der Waals surface area (Å²) in [7, 11) is 0. The van der Waals surface area contributed by atoms with Gasteiger partial charge in [-0.15, -0.1) is 0 Å². The third-order valence-corrected chi connectivity index (χ3v) is 2.54. The standard InChI is InChI=1S/C7H4BrIN2/c8-5-2-1-3-11-4-6(9)10-7(5)11/h1-4H. The molecule has 0 saturated carbocycles. The van der Waals surface area contributed by atoms with E-state index in [-0.39, 0.29) is 0 Å². The van der Waals surface area contributed by atoms with Crippen molar-refractivity contribution >= 4 is 44.2 Å². The number of halogens is 2. The Balaban J connectivity index is 2.90. The van der Waals surface area contributed by atoms with E-state index in [0.717, 1.165) is 13.8 Å². The highest BCUT2D eigenvalue weighted by Gasteiger charge is 2.00. The number of hydrogen-bond acceptors (Lipinski definition) is 1. The molecule has 0 fully saturated rings. The summed E-state index contributed by atoms with van der Waals surface area (Å²) < 4.78 is 4.03. The van der Waals surface area contributed by atoms with Gasteiger partial charge >= 0.3 is 0 Å². The molecule has 4 heteroatoms. The van der Waals surface area contributed by atoms with Crippen LogP contribution in [-0.2, 0) is 0 Å². The molecule has 0 unspecified atom stereocenters. The molecule has 0 radical (unpaired) electrons. The Morgan fingerprint density at radius 1 is 1.55 bits per heavy atom. The van der Waals surface area contributed by atoms with Crippen LogP contribution in [0.4, 0.5) is 0 Å². The molecule has 2 nitrogen and oxygen atoms in total. The first-order valence-corrected chi connectivity index (χ1v) is 4.93. The number of nitrogens with zero attached hydrogens (tertiary/aromatic N) is 2. The maximum Gasteiger partial charge on any atom is 0.152 e. The third kappa shape index (κ3) is 1.29. The molecule has 0 aliphatic heterocycles. The van der Waals surface area contributed by atoms with E-state index < -0.39 is 0 Å². The van der Waals surface area contributed by atoms with Crippen molar-refractivity contribution in [3.05, 3.63) is 32.7 Å². The summed E-state index contributed by atoms with van der Waals surface area (Å²) in [4.78, 5) is 4.32. The molecular formula is C7H4BrIN2. The van der Waals surface area contributed by atoms with Crippen LogP contribution < -0.4 is 0 Å². The Morgan fingerprint density at radius 3 is 3.09 bits per heavy atom. The fourth-order valence-electron chi connectivity index (χ4n) is 0.949. The van der Waals surface area contributed by atoms with Crippen LogP contribution in [-0.4, -0.2) is 9.38 Å². The average Bonchev–Trinajstić information content (AvgIpc) is 2.31. The van der Waals surface area contributed by atoms with Crippen molar-refractivity contribution in [1.82, 2.24) is 9.38 Å². The van der Waals surface area contributed by atoms with Crippen LogP contribution in [0.15, 0.2) is 29.0 Å². The molecule has 0 aromatic carbocycles. The molecule has 0 saturated heterocycles. The fraction of sp³-hybridized carbons (Fsp3) is 0. The van der Waals surface area contributed by atoms with E-state index >= 15 is 0 Å². The van der Waals surface area contributed by atoms with Gasteiger partial charge in [0.15, 0.2) is 5.65 Å². The van der Waals surface area contributed by atoms with Crippen molar-refractivity contribution in [2.45, 2.75) is 0 Å². The minimum atomic E-state index is 0.969. The summed E-state index contributed by atoms with van der Waals surface area (Å²) in [6.45, 7) is 0. The quantitative estimate of drug-likeness (QED) is 0.682. The first-order chi connectivity index (χ1) is 5.27. The van der Waals surface area contributed by atoms with Crippen molar-refractivity contribution in [2.75, 3.05) is 0 Å². The molecule has 0 aliphatic carbocycles. The highest BCUT2D eigenvalue weighted by molar-refractivity contribution is 14.1. The molecule has 2 heterocycles.